The molecule has 3 nitrogen and oxygen atoms in total. The van der Waals surface area contributed by atoms with Gasteiger partial charge in [-0.3, -0.25) is 0 Å². The van der Waals surface area contributed by atoms with E-state index in [-0.39, 0.29) is 0 Å². The number of hydrogen-bond acceptors (Lipinski definition) is 4. The summed E-state index contributed by atoms with van der Waals surface area (Å²) in [5, 5.41) is 4.61. The first-order valence-corrected chi connectivity index (χ1v) is 8.81. The van der Waals surface area contributed by atoms with Crippen LogP contribution in [0.25, 0.3) is 31.6 Å². The minimum Gasteiger partial charge on any atom is -0.454 e. The van der Waals surface area contributed by atoms with E-state index in [1.807, 2.05) is 6.33 Å². The molecule has 0 saturated heterocycles. The lowest BCUT2D eigenvalue weighted by molar-refractivity contribution is -0.662. The molecule has 0 saturated carbocycles. The Morgan fingerprint density at radius 3 is 3.00 bits per heavy atom. The molecule has 1 aliphatic heterocycles. The van der Waals surface area contributed by atoms with Crippen LogP contribution in [-0.4, -0.2) is 4.98 Å². The molecule has 0 aliphatic carbocycles. The molecular weight excluding hydrogens is 312 g/mol. The van der Waals surface area contributed by atoms with Crippen LogP contribution in [0.4, 0.5) is 0 Å². The normalized spacial score (nSPS) is 12.7. The van der Waals surface area contributed by atoms with E-state index >= 15 is 0 Å². The molecule has 0 N–H and O–H groups in total. The zero-order valence-corrected chi connectivity index (χ0v) is 14.1. The van der Waals surface area contributed by atoms with Crippen molar-refractivity contribution in [3.63, 3.8) is 0 Å². The van der Waals surface area contributed by atoms with E-state index < -0.39 is 0 Å². The first-order valence-electron chi connectivity index (χ1n) is 7.12. The summed E-state index contributed by atoms with van der Waals surface area (Å²) in [6.07, 6.45) is 1.91. The van der Waals surface area contributed by atoms with E-state index in [4.69, 9.17) is 4.74 Å². The lowest BCUT2D eigenvalue weighted by atomic mass is 9.97. The number of rotatable bonds is 0. The molecule has 0 amide bonds. The Kier molecular flexibility index (Phi) is 2.31. The number of nitrogens with zero attached hydrogens (tertiary/aromatic N) is 2. The maximum Gasteiger partial charge on any atom is 0.288 e. The minimum absolute atomic E-state index is 0.963. The van der Waals surface area contributed by atoms with Gasteiger partial charge in [0.1, 0.15) is 11.1 Å². The van der Waals surface area contributed by atoms with Gasteiger partial charge in [0.25, 0.3) is 6.33 Å². The molecule has 5 rings (SSSR count). The maximum atomic E-state index is 6.30. The van der Waals surface area contributed by atoms with Gasteiger partial charge in [0, 0.05) is 9.58 Å². The Labute approximate surface area is 135 Å². The van der Waals surface area contributed by atoms with Crippen molar-refractivity contribution in [3.8, 4) is 22.8 Å². The molecule has 0 bridgehead atoms. The molecule has 108 valence electrons. The lowest BCUT2D eigenvalue weighted by Gasteiger charge is -2.19. The minimum atomic E-state index is 0.963. The van der Waals surface area contributed by atoms with Crippen molar-refractivity contribution in [1.82, 2.24) is 4.98 Å². The van der Waals surface area contributed by atoms with Crippen LogP contribution in [0.2, 0.25) is 0 Å². The van der Waals surface area contributed by atoms with Crippen molar-refractivity contribution in [1.29, 1.82) is 0 Å². The van der Waals surface area contributed by atoms with E-state index in [1.54, 1.807) is 22.7 Å². The fourth-order valence-corrected chi connectivity index (χ4v) is 5.14. The third-order valence-electron chi connectivity index (χ3n) is 4.38. The molecule has 5 heteroatoms. The monoisotopic (exact) mass is 325 g/mol. The number of aryl methyl sites for hydroxylation is 3. The summed E-state index contributed by atoms with van der Waals surface area (Å²) in [6.45, 7) is 4.29. The van der Waals surface area contributed by atoms with Gasteiger partial charge in [-0.05, 0) is 47.3 Å². The number of ether oxygens (including phenoxy) is 1. The zero-order valence-electron chi connectivity index (χ0n) is 12.4. The van der Waals surface area contributed by atoms with Crippen LogP contribution in [0.15, 0.2) is 23.8 Å². The third-order valence-corrected chi connectivity index (χ3v) is 6.24. The molecule has 0 fully saturated rings. The number of fused-ring (bicyclic) bond motifs is 3. The summed E-state index contributed by atoms with van der Waals surface area (Å²) in [5.74, 6) is 1.94. The van der Waals surface area contributed by atoms with Crippen molar-refractivity contribution in [2.45, 2.75) is 13.8 Å². The van der Waals surface area contributed by atoms with Gasteiger partial charge in [0.2, 0.25) is 4.83 Å². The molecular formula is C17H13N2OS2+. The summed E-state index contributed by atoms with van der Waals surface area (Å²) in [4.78, 5) is 6.80. The highest BCUT2D eigenvalue weighted by atomic mass is 32.1. The average molecular weight is 325 g/mol. The second kappa shape index (κ2) is 4.06. The third kappa shape index (κ3) is 1.40. The van der Waals surface area contributed by atoms with Gasteiger partial charge in [-0.25, -0.2) is 4.57 Å². The fourth-order valence-electron chi connectivity index (χ4n) is 3.35. The highest BCUT2D eigenvalue weighted by Crippen LogP contribution is 2.51. The molecule has 4 heterocycles. The van der Waals surface area contributed by atoms with Crippen LogP contribution in [-0.2, 0) is 7.05 Å². The molecule has 22 heavy (non-hydrogen) atoms. The van der Waals surface area contributed by atoms with E-state index in [1.165, 1.54) is 31.8 Å². The fraction of sp³-hybridized carbons (Fsp3) is 0.176. The smallest absolute Gasteiger partial charge is 0.288 e. The molecule has 0 radical (unpaired) electrons. The largest absolute Gasteiger partial charge is 0.454 e. The Bertz CT molecular complexity index is 1090. The summed E-state index contributed by atoms with van der Waals surface area (Å²) >= 11 is 3.46. The first kappa shape index (κ1) is 12.6. The lowest BCUT2D eigenvalue weighted by Crippen LogP contribution is -2.32. The topological polar surface area (TPSA) is 26.0 Å². The first-order chi connectivity index (χ1) is 10.6. The van der Waals surface area contributed by atoms with Crippen LogP contribution in [0.3, 0.4) is 0 Å². The van der Waals surface area contributed by atoms with Gasteiger partial charge < -0.3 is 4.74 Å². The quantitative estimate of drug-likeness (QED) is 0.385. The predicted octanol–water partition coefficient (Wildman–Crippen LogP) is 4.73. The maximum absolute atomic E-state index is 6.30. The Hall–Kier alpha value is -1.98. The van der Waals surface area contributed by atoms with Crippen LogP contribution in [0.1, 0.15) is 10.4 Å². The van der Waals surface area contributed by atoms with Gasteiger partial charge in [-0.2, -0.15) is 0 Å². The standard InChI is InChI=1S/C17H13N2OS2/c1-8-10-4-5-21-12(10)6-11-13(8)15-14-16(20-11)9(2)22-17(14)18-7-19(15)3/h4-7H,1-3H3/q+1. The van der Waals surface area contributed by atoms with Gasteiger partial charge in [-0.15, -0.1) is 11.3 Å². The van der Waals surface area contributed by atoms with E-state index in [2.05, 4.69) is 48.0 Å². The number of thiophene rings is 2. The highest BCUT2D eigenvalue weighted by molar-refractivity contribution is 7.19. The summed E-state index contributed by atoms with van der Waals surface area (Å²) < 4.78 is 9.69. The summed E-state index contributed by atoms with van der Waals surface area (Å²) in [7, 11) is 2.06. The van der Waals surface area contributed by atoms with E-state index in [9.17, 15) is 0 Å². The molecule has 1 aromatic carbocycles. The van der Waals surface area contributed by atoms with E-state index in [0.29, 0.717) is 0 Å². The van der Waals surface area contributed by atoms with Gasteiger partial charge in [-0.1, -0.05) is 11.3 Å². The van der Waals surface area contributed by atoms with Crippen molar-refractivity contribution < 1.29 is 9.30 Å². The molecule has 4 aromatic rings. The Morgan fingerprint density at radius 2 is 2.14 bits per heavy atom. The number of aromatic nitrogens is 2. The van der Waals surface area contributed by atoms with Crippen molar-refractivity contribution in [2.75, 3.05) is 0 Å². The van der Waals surface area contributed by atoms with E-state index in [0.717, 1.165) is 21.7 Å². The van der Waals surface area contributed by atoms with Crippen LogP contribution in [0.5, 0.6) is 11.5 Å². The van der Waals surface area contributed by atoms with Crippen molar-refractivity contribution >= 4 is 43.0 Å². The van der Waals surface area contributed by atoms with Gasteiger partial charge in [0.15, 0.2) is 11.4 Å². The molecule has 1 aliphatic rings. The number of benzene rings is 1. The van der Waals surface area contributed by atoms with Crippen molar-refractivity contribution in [2.24, 2.45) is 7.05 Å². The Balaban J connectivity index is 2.04. The molecule has 0 unspecified atom stereocenters. The SMILES string of the molecule is Cc1sc2nc[n+](C)c3c2c1Oc1cc2sccc2c(C)c1-3. The zero-order chi connectivity index (χ0) is 15.0. The molecule has 0 atom stereocenters. The Morgan fingerprint density at radius 1 is 1.27 bits per heavy atom. The van der Waals surface area contributed by atoms with Crippen LogP contribution < -0.4 is 9.30 Å². The number of hydrogen-bond donors (Lipinski definition) is 0. The van der Waals surface area contributed by atoms with Crippen molar-refractivity contribution in [3.05, 3.63) is 34.3 Å². The van der Waals surface area contributed by atoms with Gasteiger partial charge in [0.05, 0.1) is 12.6 Å². The average Bonchev–Trinajstić information content (AvgIpc) is 3.08. The summed E-state index contributed by atoms with van der Waals surface area (Å²) in [5.41, 5.74) is 3.70. The van der Waals surface area contributed by atoms with Crippen LogP contribution >= 0.6 is 22.7 Å². The summed E-state index contributed by atoms with van der Waals surface area (Å²) in [6, 6.07) is 4.37. The second-order valence-electron chi connectivity index (χ2n) is 5.68. The molecule has 0 spiro atoms. The molecule has 3 aromatic heterocycles. The van der Waals surface area contributed by atoms with Crippen LogP contribution in [0, 0.1) is 13.8 Å². The predicted molar refractivity (Wildman–Crippen MR) is 91.2 cm³/mol. The van der Waals surface area contributed by atoms with Gasteiger partial charge >= 0.3 is 0 Å². The second-order valence-corrected chi connectivity index (χ2v) is 7.83. The highest BCUT2D eigenvalue weighted by Gasteiger charge is 2.32.